The van der Waals surface area contributed by atoms with Gasteiger partial charge in [0, 0.05) is 35.7 Å². The summed E-state index contributed by atoms with van der Waals surface area (Å²) in [5.41, 5.74) is 2.56. The third-order valence-electron chi connectivity index (χ3n) is 3.49. The first-order valence-corrected chi connectivity index (χ1v) is 7.95. The van der Waals surface area contributed by atoms with Crippen LogP contribution in [0.3, 0.4) is 0 Å². The largest absolute Gasteiger partial charge is 0.495 e. The lowest BCUT2D eigenvalue weighted by Crippen LogP contribution is -2.37. The molecule has 1 unspecified atom stereocenters. The Balaban J connectivity index is 1.98. The SMILES string of the molecule is COc1cnc(N2CCOCC2)c2c1C[SH](N)C2. The number of hydrogen-bond donors (Lipinski definition) is 2. The average Bonchev–Trinajstić information content (AvgIpc) is 2.80. The molecule has 3 heterocycles. The van der Waals surface area contributed by atoms with Crippen LogP contribution in [0.4, 0.5) is 5.82 Å². The Morgan fingerprint density at radius 1 is 1.33 bits per heavy atom. The van der Waals surface area contributed by atoms with Gasteiger partial charge in [-0.25, -0.2) is 4.98 Å². The molecule has 0 aliphatic carbocycles. The molecule has 1 aromatic heterocycles. The molecule has 2 aliphatic heterocycles. The minimum Gasteiger partial charge on any atom is -0.495 e. The first-order valence-electron chi connectivity index (χ1n) is 6.16. The summed E-state index contributed by atoms with van der Waals surface area (Å²) in [6.45, 7) is 3.38. The normalized spacial score (nSPS) is 25.0. The predicted molar refractivity (Wildman–Crippen MR) is 74.4 cm³/mol. The number of nitrogens with two attached hydrogens (primary N) is 1. The van der Waals surface area contributed by atoms with E-state index in [1.54, 1.807) is 7.11 Å². The van der Waals surface area contributed by atoms with Crippen molar-refractivity contribution in [2.24, 2.45) is 5.14 Å². The van der Waals surface area contributed by atoms with E-state index in [0.29, 0.717) is 0 Å². The van der Waals surface area contributed by atoms with Crippen LogP contribution >= 0.6 is 11.1 Å². The van der Waals surface area contributed by atoms with E-state index in [2.05, 4.69) is 9.88 Å². The number of anilines is 1. The summed E-state index contributed by atoms with van der Waals surface area (Å²) in [6.07, 6.45) is 1.83. The van der Waals surface area contributed by atoms with Crippen LogP contribution < -0.4 is 14.8 Å². The summed E-state index contributed by atoms with van der Waals surface area (Å²) in [7, 11) is 1.70. The fourth-order valence-corrected chi connectivity index (χ4v) is 4.19. The summed E-state index contributed by atoms with van der Waals surface area (Å²) in [4.78, 5) is 6.88. The standard InChI is InChI=1S/C12H19N3O2S/c1-16-11-6-14-12(15-2-4-17-5-3-15)10-8-18(13)7-9(10)11/h6,18H,2-5,7-8,13H2,1H3. The van der Waals surface area contributed by atoms with Crippen molar-refractivity contribution in [3.63, 3.8) is 0 Å². The molecule has 18 heavy (non-hydrogen) atoms. The third kappa shape index (κ3) is 2.04. The number of thiol groups is 1. The van der Waals surface area contributed by atoms with Crippen LogP contribution in [0, 0.1) is 0 Å². The van der Waals surface area contributed by atoms with Gasteiger partial charge in [-0.15, -0.1) is 0 Å². The van der Waals surface area contributed by atoms with Gasteiger partial charge in [0.25, 0.3) is 0 Å². The van der Waals surface area contributed by atoms with E-state index in [4.69, 9.17) is 14.6 Å². The van der Waals surface area contributed by atoms with Crippen LogP contribution in [0.1, 0.15) is 11.1 Å². The van der Waals surface area contributed by atoms with Crippen LogP contribution in [0.25, 0.3) is 0 Å². The van der Waals surface area contributed by atoms with E-state index in [-0.39, 0.29) is 0 Å². The topological polar surface area (TPSA) is 60.6 Å². The minimum absolute atomic E-state index is 0.429. The highest BCUT2D eigenvalue weighted by Gasteiger charge is 2.27. The minimum atomic E-state index is -0.429. The number of hydrogen-bond acceptors (Lipinski definition) is 5. The Morgan fingerprint density at radius 2 is 2.06 bits per heavy atom. The number of nitrogens with zero attached hydrogens (tertiary/aromatic N) is 2. The smallest absolute Gasteiger partial charge is 0.141 e. The molecule has 3 rings (SSSR count). The van der Waals surface area contributed by atoms with E-state index in [1.165, 1.54) is 11.1 Å². The predicted octanol–water partition coefficient (Wildman–Crippen LogP) is 0.815. The van der Waals surface area contributed by atoms with Crippen molar-refractivity contribution >= 4 is 16.9 Å². The molecule has 6 heteroatoms. The van der Waals surface area contributed by atoms with Crippen LogP contribution in [0.2, 0.25) is 0 Å². The molecule has 0 spiro atoms. The van der Waals surface area contributed by atoms with Crippen molar-refractivity contribution in [3.8, 4) is 5.75 Å². The van der Waals surface area contributed by atoms with Gasteiger partial charge in [-0.1, -0.05) is 0 Å². The van der Waals surface area contributed by atoms with Gasteiger partial charge in [0.05, 0.1) is 26.5 Å². The molecule has 1 atom stereocenters. The second kappa shape index (κ2) is 4.95. The molecule has 0 bridgehead atoms. The summed E-state index contributed by atoms with van der Waals surface area (Å²) in [6, 6.07) is 0. The molecular weight excluding hydrogens is 250 g/mol. The second-order valence-corrected chi connectivity index (χ2v) is 6.42. The van der Waals surface area contributed by atoms with Crippen molar-refractivity contribution in [3.05, 3.63) is 17.3 Å². The number of methoxy groups -OCH3 is 1. The molecule has 100 valence electrons. The van der Waals surface area contributed by atoms with Crippen LogP contribution in [0.5, 0.6) is 5.75 Å². The zero-order valence-corrected chi connectivity index (χ0v) is 11.4. The van der Waals surface area contributed by atoms with E-state index in [9.17, 15) is 0 Å². The Hall–Kier alpha value is -0.980. The van der Waals surface area contributed by atoms with Gasteiger partial charge in [-0.2, -0.15) is 11.1 Å². The maximum absolute atomic E-state index is 6.15. The van der Waals surface area contributed by atoms with Gasteiger partial charge < -0.3 is 14.4 Å². The van der Waals surface area contributed by atoms with Crippen molar-refractivity contribution in [2.45, 2.75) is 11.5 Å². The van der Waals surface area contributed by atoms with Crippen molar-refractivity contribution in [1.29, 1.82) is 0 Å². The highest BCUT2D eigenvalue weighted by molar-refractivity contribution is 8.13. The first kappa shape index (κ1) is 12.1. The molecular formula is C12H19N3O2S. The van der Waals surface area contributed by atoms with E-state index < -0.39 is 11.1 Å². The fourth-order valence-electron chi connectivity index (χ4n) is 2.58. The Labute approximate surface area is 110 Å². The average molecular weight is 269 g/mol. The summed E-state index contributed by atoms with van der Waals surface area (Å²) in [5.74, 6) is 3.89. The van der Waals surface area contributed by atoms with E-state index >= 15 is 0 Å². The zero-order valence-electron chi connectivity index (χ0n) is 10.6. The lowest BCUT2D eigenvalue weighted by molar-refractivity contribution is 0.122. The highest BCUT2D eigenvalue weighted by Crippen LogP contribution is 2.45. The van der Waals surface area contributed by atoms with Crippen molar-refractivity contribution in [1.82, 2.24) is 4.98 Å². The highest BCUT2D eigenvalue weighted by atomic mass is 32.2. The molecule has 1 fully saturated rings. The Bertz CT molecular complexity index is 449. The molecule has 2 aliphatic rings. The molecule has 0 aromatic carbocycles. The molecule has 5 nitrogen and oxygen atoms in total. The molecule has 0 amide bonds. The van der Waals surface area contributed by atoms with Gasteiger partial charge >= 0.3 is 0 Å². The van der Waals surface area contributed by atoms with Gasteiger partial charge in [0.15, 0.2) is 0 Å². The first-order chi connectivity index (χ1) is 8.79. The Kier molecular flexibility index (Phi) is 3.32. The Morgan fingerprint density at radius 3 is 2.78 bits per heavy atom. The van der Waals surface area contributed by atoms with E-state index in [0.717, 1.165) is 49.4 Å². The monoisotopic (exact) mass is 269 g/mol. The van der Waals surface area contributed by atoms with Crippen LogP contribution in [-0.2, 0) is 16.2 Å². The molecule has 1 aromatic rings. The van der Waals surface area contributed by atoms with E-state index in [1.807, 2.05) is 6.20 Å². The number of rotatable bonds is 2. The van der Waals surface area contributed by atoms with Crippen LogP contribution in [-0.4, -0.2) is 38.4 Å². The van der Waals surface area contributed by atoms with Gasteiger partial charge in [-0.05, 0) is 0 Å². The molecule has 1 saturated heterocycles. The summed E-state index contributed by atoms with van der Waals surface area (Å²) in [5, 5.41) is 6.15. The molecule has 2 N–H and O–H groups in total. The number of morpholine rings is 1. The maximum atomic E-state index is 6.15. The number of pyridine rings is 1. The zero-order chi connectivity index (χ0) is 12.5. The quantitative estimate of drug-likeness (QED) is 0.778. The van der Waals surface area contributed by atoms with Crippen molar-refractivity contribution < 1.29 is 9.47 Å². The maximum Gasteiger partial charge on any atom is 0.141 e. The van der Waals surface area contributed by atoms with Crippen molar-refractivity contribution in [2.75, 3.05) is 38.3 Å². The van der Waals surface area contributed by atoms with Gasteiger partial charge in [-0.3, -0.25) is 5.14 Å². The number of fused-ring (bicyclic) bond motifs is 1. The second-order valence-electron chi connectivity index (χ2n) is 4.61. The lowest BCUT2D eigenvalue weighted by atomic mass is 10.1. The molecule has 0 radical (unpaired) electrons. The van der Waals surface area contributed by atoms with Crippen LogP contribution in [0.15, 0.2) is 6.20 Å². The number of aromatic nitrogens is 1. The van der Waals surface area contributed by atoms with Gasteiger partial charge in [0.2, 0.25) is 0 Å². The lowest BCUT2D eigenvalue weighted by Gasteiger charge is -2.29. The number of ether oxygens (including phenoxy) is 2. The van der Waals surface area contributed by atoms with Gasteiger partial charge in [0.1, 0.15) is 11.6 Å². The fraction of sp³-hybridized carbons (Fsp3) is 0.583. The third-order valence-corrected chi connectivity index (χ3v) is 4.93. The molecule has 0 saturated carbocycles. The summed E-state index contributed by atoms with van der Waals surface area (Å²) < 4.78 is 10.8. The summed E-state index contributed by atoms with van der Waals surface area (Å²) >= 11 is -0.429.